The number of rotatable bonds is 6. The molecule has 1 aliphatic heterocycles. The van der Waals surface area contributed by atoms with Crippen LogP contribution in [0.1, 0.15) is 41.6 Å². The van der Waals surface area contributed by atoms with Crippen molar-refractivity contribution >= 4 is 53.1 Å². The molecule has 2 aromatic heterocycles. The van der Waals surface area contributed by atoms with Crippen LogP contribution in [0, 0.1) is 12.3 Å². The first-order chi connectivity index (χ1) is 12.5. The Morgan fingerprint density at radius 1 is 1.32 bits per heavy atom. The SMILES string of the molecule is Cc1occc1C(=O)Nc1nc(CC(=O)NCC2(C)CCNCC2)cs1.Cl.Cl. The largest absolute Gasteiger partial charge is 0.469 e. The van der Waals surface area contributed by atoms with E-state index in [0.29, 0.717) is 28.7 Å². The molecule has 0 radical (unpaired) electrons. The lowest BCUT2D eigenvalue weighted by molar-refractivity contribution is -0.121. The quantitative estimate of drug-likeness (QED) is 0.630. The monoisotopic (exact) mass is 448 g/mol. The van der Waals surface area contributed by atoms with Crippen molar-refractivity contribution in [3.05, 3.63) is 34.7 Å². The second-order valence-corrected chi connectivity index (χ2v) is 7.86. The molecule has 1 saturated heterocycles. The first kappa shape index (κ1) is 24.4. The van der Waals surface area contributed by atoms with Gasteiger partial charge in [0.2, 0.25) is 5.91 Å². The number of piperidine rings is 1. The van der Waals surface area contributed by atoms with Gasteiger partial charge in [0, 0.05) is 11.9 Å². The van der Waals surface area contributed by atoms with Crippen molar-refractivity contribution in [1.82, 2.24) is 15.6 Å². The van der Waals surface area contributed by atoms with Crippen LogP contribution in [0.2, 0.25) is 0 Å². The number of carbonyl (C=O) groups excluding carboxylic acids is 2. The Hall–Kier alpha value is -1.61. The lowest BCUT2D eigenvalue weighted by Gasteiger charge is -2.34. The van der Waals surface area contributed by atoms with Gasteiger partial charge < -0.3 is 15.1 Å². The Labute approximate surface area is 180 Å². The van der Waals surface area contributed by atoms with Crippen LogP contribution < -0.4 is 16.0 Å². The van der Waals surface area contributed by atoms with Gasteiger partial charge in [-0.2, -0.15) is 0 Å². The van der Waals surface area contributed by atoms with Crippen LogP contribution in [-0.2, 0) is 11.2 Å². The fourth-order valence-corrected chi connectivity index (χ4v) is 3.68. The Morgan fingerprint density at radius 2 is 2.04 bits per heavy atom. The van der Waals surface area contributed by atoms with Crippen molar-refractivity contribution in [2.75, 3.05) is 25.0 Å². The topological polar surface area (TPSA) is 96.3 Å². The number of nitrogens with one attached hydrogen (secondary N) is 3. The molecule has 0 aliphatic carbocycles. The summed E-state index contributed by atoms with van der Waals surface area (Å²) in [6.45, 7) is 6.62. The third-order valence-electron chi connectivity index (χ3n) is 4.74. The van der Waals surface area contributed by atoms with E-state index in [1.165, 1.54) is 17.6 Å². The number of carbonyl (C=O) groups is 2. The van der Waals surface area contributed by atoms with Gasteiger partial charge in [0.15, 0.2) is 5.13 Å². The van der Waals surface area contributed by atoms with Crippen LogP contribution in [0.25, 0.3) is 0 Å². The highest BCUT2D eigenvalue weighted by atomic mass is 35.5. The number of amides is 2. The first-order valence-electron chi connectivity index (χ1n) is 8.72. The summed E-state index contributed by atoms with van der Waals surface area (Å²) in [5, 5.41) is 11.4. The van der Waals surface area contributed by atoms with Crippen molar-refractivity contribution in [3.8, 4) is 0 Å². The predicted octanol–water partition coefficient (Wildman–Crippen LogP) is 3.19. The molecule has 3 N–H and O–H groups in total. The molecule has 0 atom stereocenters. The molecule has 3 rings (SSSR count). The smallest absolute Gasteiger partial charge is 0.260 e. The zero-order valence-electron chi connectivity index (χ0n) is 15.9. The molecule has 28 heavy (non-hydrogen) atoms. The lowest BCUT2D eigenvalue weighted by atomic mass is 9.81. The minimum absolute atomic E-state index is 0. The van der Waals surface area contributed by atoms with Gasteiger partial charge in [-0.15, -0.1) is 36.2 Å². The Balaban J connectivity index is 0.00000196. The summed E-state index contributed by atoms with van der Waals surface area (Å²) in [5.41, 5.74) is 1.29. The number of aromatic nitrogens is 1. The number of halogens is 2. The fraction of sp³-hybridized carbons (Fsp3) is 0.500. The number of hydrogen-bond donors (Lipinski definition) is 3. The van der Waals surface area contributed by atoms with Crippen molar-refractivity contribution in [2.24, 2.45) is 5.41 Å². The van der Waals surface area contributed by atoms with Crippen LogP contribution in [0.4, 0.5) is 5.13 Å². The summed E-state index contributed by atoms with van der Waals surface area (Å²) < 4.78 is 5.13. The lowest BCUT2D eigenvalue weighted by Crippen LogP contribution is -2.43. The Bertz CT molecular complexity index is 787. The molecule has 10 heteroatoms. The highest BCUT2D eigenvalue weighted by Crippen LogP contribution is 2.26. The number of nitrogens with zero attached hydrogens (tertiary/aromatic N) is 1. The molecule has 0 aromatic carbocycles. The maximum Gasteiger partial charge on any atom is 0.260 e. The van der Waals surface area contributed by atoms with Crippen molar-refractivity contribution in [3.63, 3.8) is 0 Å². The van der Waals surface area contributed by atoms with E-state index in [9.17, 15) is 9.59 Å². The molecule has 0 unspecified atom stereocenters. The first-order valence-corrected chi connectivity index (χ1v) is 9.60. The van der Waals surface area contributed by atoms with Crippen LogP contribution in [0.15, 0.2) is 22.1 Å². The third kappa shape index (κ3) is 6.48. The minimum atomic E-state index is -0.263. The van der Waals surface area contributed by atoms with Crippen LogP contribution in [-0.4, -0.2) is 36.4 Å². The summed E-state index contributed by atoms with van der Waals surface area (Å²) in [6, 6.07) is 1.62. The molecule has 0 saturated carbocycles. The maximum atomic E-state index is 12.2. The molecule has 1 fully saturated rings. The average Bonchev–Trinajstić information content (AvgIpc) is 3.23. The van der Waals surface area contributed by atoms with Crippen molar-refractivity contribution in [1.29, 1.82) is 0 Å². The van der Waals surface area contributed by atoms with E-state index >= 15 is 0 Å². The van der Waals surface area contributed by atoms with E-state index in [0.717, 1.165) is 25.9 Å². The Kier molecular flexibility index (Phi) is 9.43. The fourth-order valence-electron chi connectivity index (χ4n) is 2.98. The molecule has 3 heterocycles. The van der Waals surface area contributed by atoms with Gasteiger partial charge in [-0.3, -0.25) is 14.9 Å². The summed E-state index contributed by atoms with van der Waals surface area (Å²) >= 11 is 1.31. The number of aryl methyl sites for hydroxylation is 1. The van der Waals surface area contributed by atoms with Crippen LogP contribution in [0.3, 0.4) is 0 Å². The highest BCUT2D eigenvalue weighted by Gasteiger charge is 2.27. The third-order valence-corrected chi connectivity index (χ3v) is 5.55. The van der Waals surface area contributed by atoms with Gasteiger partial charge in [0.05, 0.1) is 23.9 Å². The van der Waals surface area contributed by atoms with Gasteiger partial charge in [0.1, 0.15) is 5.76 Å². The summed E-state index contributed by atoms with van der Waals surface area (Å²) in [6.07, 6.45) is 3.82. The van der Waals surface area contributed by atoms with Crippen LogP contribution >= 0.6 is 36.2 Å². The van der Waals surface area contributed by atoms with Crippen molar-refractivity contribution < 1.29 is 14.0 Å². The normalized spacial score (nSPS) is 15.1. The van der Waals surface area contributed by atoms with E-state index in [2.05, 4.69) is 27.9 Å². The van der Waals surface area contributed by atoms with E-state index < -0.39 is 0 Å². The second-order valence-electron chi connectivity index (χ2n) is 7.00. The zero-order chi connectivity index (χ0) is 18.6. The minimum Gasteiger partial charge on any atom is -0.469 e. The molecule has 1 aliphatic rings. The van der Waals surface area contributed by atoms with Gasteiger partial charge in [-0.1, -0.05) is 6.92 Å². The number of anilines is 1. The van der Waals surface area contributed by atoms with E-state index in [1.807, 2.05) is 0 Å². The molecule has 7 nitrogen and oxygen atoms in total. The van der Waals surface area contributed by atoms with Crippen molar-refractivity contribution in [2.45, 2.75) is 33.1 Å². The zero-order valence-corrected chi connectivity index (χ0v) is 18.3. The second kappa shape index (κ2) is 10.8. The average molecular weight is 449 g/mol. The van der Waals surface area contributed by atoms with Gasteiger partial charge >= 0.3 is 0 Å². The molecule has 156 valence electrons. The summed E-state index contributed by atoms with van der Waals surface area (Å²) in [4.78, 5) is 28.7. The maximum absolute atomic E-state index is 12.2. The number of furan rings is 1. The highest BCUT2D eigenvalue weighted by molar-refractivity contribution is 7.14. The van der Waals surface area contributed by atoms with E-state index in [1.54, 1.807) is 18.4 Å². The Morgan fingerprint density at radius 3 is 2.68 bits per heavy atom. The predicted molar refractivity (Wildman–Crippen MR) is 115 cm³/mol. The molecule has 0 spiro atoms. The van der Waals surface area contributed by atoms with Gasteiger partial charge in [-0.05, 0) is 44.3 Å². The molecule has 0 bridgehead atoms. The van der Waals surface area contributed by atoms with E-state index in [4.69, 9.17) is 4.42 Å². The molecular formula is C18H26Cl2N4O3S. The number of thiazole rings is 1. The molecular weight excluding hydrogens is 423 g/mol. The number of hydrogen-bond acceptors (Lipinski definition) is 6. The van der Waals surface area contributed by atoms with Gasteiger partial charge in [-0.25, -0.2) is 4.98 Å². The van der Waals surface area contributed by atoms with Gasteiger partial charge in [0.25, 0.3) is 5.91 Å². The summed E-state index contributed by atoms with van der Waals surface area (Å²) in [5.74, 6) is 0.254. The van der Waals surface area contributed by atoms with Crippen LogP contribution in [0.5, 0.6) is 0 Å². The van der Waals surface area contributed by atoms with E-state index in [-0.39, 0.29) is 48.5 Å². The summed E-state index contributed by atoms with van der Waals surface area (Å²) in [7, 11) is 0. The molecule has 2 amide bonds. The molecule has 2 aromatic rings. The standard InChI is InChI=1S/C18H24N4O3S.2ClH/c1-12-14(3-8-25-12)16(24)22-17-21-13(10-26-17)9-15(23)20-11-18(2)4-6-19-7-5-18;;/h3,8,10,19H,4-7,9,11H2,1-2H3,(H,20,23)(H,21,22,24);2*1H.